The standard InChI is InChI=1S/C15H27NO5/c1-11(17)9-7-6-8-10-12(13(18)20-5)16-14(19)21-15(2,3)4/h12H,6-10H2,1-5H3,(H,16,19). The minimum atomic E-state index is -0.720. The molecule has 0 heterocycles. The molecule has 0 aliphatic rings. The van der Waals surface area contributed by atoms with Gasteiger partial charge >= 0.3 is 12.1 Å². The summed E-state index contributed by atoms with van der Waals surface area (Å²) >= 11 is 0. The predicted molar refractivity (Wildman–Crippen MR) is 78.9 cm³/mol. The van der Waals surface area contributed by atoms with Crippen molar-refractivity contribution in [2.45, 2.75) is 71.4 Å². The first-order chi connectivity index (χ1) is 9.65. The van der Waals surface area contributed by atoms with E-state index in [1.54, 1.807) is 27.7 Å². The van der Waals surface area contributed by atoms with E-state index in [1.165, 1.54) is 7.11 Å². The van der Waals surface area contributed by atoms with Crippen LogP contribution in [0.3, 0.4) is 0 Å². The summed E-state index contributed by atoms with van der Waals surface area (Å²) in [4.78, 5) is 34.1. The molecule has 0 rings (SSSR count). The number of esters is 1. The van der Waals surface area contributed by atoms with Gasteiger partial charge in [-0.2, -0.15) is 0 Å². The molecule has 1 amide bonds. The third kappa shape index (κ3) is 10.8. The molecule has 6 nitrogen and oxygen atoms in total. The smallest absolute Gasteiger partial charge is 0.408 e. The van der Waals surface area contributed by atoms with Gasteiger partial charge in [0.2, 0.25) is 0 Å². The Labute approximate surface area is 126 Å². The lowest BCUT2D eigenvalue weighted by molar-refractivity contribution is -0.143. The van der Waals surface area contributed by atoms with E-state index in [-0.39, 0.29) is 5.78 Å². The van der Waals surface area contributed by atoms with Crippen LogP contribution in [-0.4, -0.2) is 36.6 Å². The molecule has 0 aromatic carbocycles. The molecular formula is C15H27NO5. The molecule has 0 radical (unpaired) electrons. The first kappa shape index (κ1) is 19.4. The van der Waals surface area contributed by atoms with Crippen LogP contribution in [0, 0.1) is 0 Å². The van der Waals surface area contributed by atoms with E-state index in [9.17, 15) is 14.4 Å². The average Bonchev–Trinajstić information content (AvgIpc) is 2.33. The second-order valence-corrected chi connectivity index (χ2v) is 6.02. The summed E-state index contributed by atoms with van der Waals surface area (Å²) in [6.07, 6.45) is 2.70. The van der Waals surface area contributed by atoms with Crippen LogP contribution < -0.4 is 5.32 Å². The molecular weight excluding hydrogens is 274 g/mol. The SMILES string of the molecule is COC(=O)C(CCCCCC(C)=O)NC(=O)OC(C)(C)C. The molecule has 0 fully saturated rings. The fraction of sp³-hybridized carbons (Fsp3) is 0.800. The summed E-state index contributed by atoms with van der Waals surface area (Å²) in [7, 11) is 1.28. The summed E-state index contributed by atoms with van der Waals surface area (Å²) in [5.41, 5.74) is -0.619. The number of carbonyl (C=O) groups is 3. The van der Waals surface area contributed by atoms with Crippen molar-refractivity contribution in [3.63, 3.8) is 0 Å². The van der Waals surface area contributed by atoms with Gasteiger partial charge in [0.1, 0.15) is 17.4 Å². The van der Waals surface area contributed by atoms with Crippen molar-refractivity contribution in [1.29, 1.82) is 0 Å². The van der Waals surface area contributed by atoms with E-state index in [0.29, 0.717) is 12.8 Å². The number of carbonyl (C=O) groups excluding carboxylic acids is 3. The summed E-state index contributed by atoms with van der Waals surface area (Å²) in [5, 5.41) is 2.52. The maximum absolute atomic E-state index is 11.7. The zero-order chi connectivity index (χ0) is 16.5. The number of unbranched alkanes of at least 4 members (excludes halogenated alkanes) is 2. The van der Waals surface area contributed by atoms with Crippen LogP contribution >= 0.6 is 0 Å². The van der Waals surface area contributed by atoms with Crippen molar-refractivity contribution in [1.82, 2.24) is 5.32 Å². The van der Waals surface area contributed by atoms with E-state index in [2.05, 4.69) is 10.1 Å². The summed E-state index contributed by atoms with van der Waals surface area (Å²) < 4.78 is 9.79. The van der Waals surface area contributed by atoms with Crippen molar-refractivity contribution >= 4 is 17.8 Å². The number of ketones is 1. The molecule has 0 aromatic heterocycles. The first-order valence-electron chi connectivity index (χ1n) is 7.22. The predicted octanol–water partition coefficient (Wildman–Crippen LogP) is 2.59. The molecule has 21 heavy (non-hydrogen) atoms. The molecule has 1 unspecified atom stereocenters. The Balaban J connectivity index is 4.24. The maximum Gasteiger partial charge on any atom is 0.408 e. The van der Waals surface area contributed by atoms with Crippen molar-refractivity contribution in [3.8, 4) is 0 Å². The van der Waals surface area contributed by atoms with E-state index in [0.717, 1.165) is 19.3 Å². The fourth-order valence-corrected chi connectivity index (χ4v) is 1.74. The fourth-order valence-electron chi connectivity index (χ4n) is 1.74. The van der Waals surface area contributed by atoms with E-state index in [1.807, 2.05) is 0 Å². The summed E-state index contributed by atoms with van der Waals surface area (Å²) in [6, 6.07) is -0.720. The molecule has 0 spiro atoms. The van der Waals surface area contributed by atoms with Crippen molar-refractivity contribution < 1.29 is 23.9 Å². The average molecular weight is 301 g/mol. The van der Waals surface area contributed by atoms with E-state index < -0.39 is 23.7 Å². The normalized spacial score (nSPS) is 12.4. The first-order valence-corrected chi connectivity index (χ1v) is 7.22. The van der Waals surface area contributed by atoms with Crippen LogP contribution in [0.5, 0.6) is 0 Å². The van der Waals surface area contributed by atoms with Crippen molar-refractivity contribution in [2.24, 2.45) is 0 Å². The van der Waals surface area contributed by atoms with Crippen LogP contribution in [0.4, 0.5) is 4.79 Å². The topological polar surface area (TPSA) is 81.7 Å². The van der Waals surface area contributed by atoms with Crippen LogP contribution in [0.2, 0.25) is 0 Å². The highest BCUT2D eigenvalue weighted by atomic mass is 16.6. The van der Waals surface area contributed by atoms with Crippen molar-refractivity contribution in [2.75, 3.05) is 7.11 Å². The Hall–Kier alpha value is -1.59. The number of rotatable bonds is 8. The third-order valence-electron chi connectivity index (χ3n) is 2.70. The molecule has 122 valence electrons. The lowest BCUT2D eigenvalue weighted by Crippen LogP contribution is -2.44. The molecule has 0 saturated carbocycles. The van der Waals surface area contributed by atoms with Gasteiger partial charge in [0.25, 0.3) is 0 Å². The largest absolute Gasteiger partial charge is 0.467 e. The maximum atomic E-state index is 11.7. The number of methoxy groups -OCH3 is 1. The molecule has 1 atom stereocenters. The van der Waals surface area contributed by atoms with Gasteiger partial charge in [-0.15, -0.1) is 0 Å². The second-order valence-electron chi connectivity index (χ2n) is 6.02. The van der Waals surface area contributed by atoms with Crippen LogP contribution in [0.15, 0.2) is 0 Å². The van der Waals surface area contributed by atoms with Gasteiger partial charge < -0.3 is 19.6 Å². The van der Waals surface area contributed by atoms with E-state index in [4.69, 9.17) is 4.74 Å². The molecule has 0 saturated heterocycles. The van der Waals surface area contributed by atoms with Gasteiger partial charge in [-0.1, -0.05) is 12.8 Å². The minimum Gasteiger partial charge on any atom is -0.467 e. The number of hydrogen-bond acceptors (Lipinski definition) is 5. The number of ether oxygens (including phenoxy) is 2. The zero-order valence-corrected chi connectivity index (χ0v) is 13.7. The lowest BCUT2D eigenvalue weighted by atomic mass is 10.1. The Morgan fingerprint density at radius 2 is 1.71 bits per heavy atom. The molecule has 0 bridgehead atoms. The number of Topliss-reactive ketones (excluding diaryl/α,β-unsaturated/α-hetero) is 1. The number of nitrogens with one attached hydrogen (secondary N) is 1. The van der Waals surface area contributed by atoms with Gasteiger partial charge in [0.05, 0.1) is 7.11 Å². The Kier molecular flexibility index (Phi) is 8.66. The zero-order valence-electron chi connectivity index (χ0n) is 13.7. The minimum absolute atomic E-state index is 0.159. The molecule has 0 aliphatic carbocycles. The highest BCUT2D eigenvalue weighted by Gasteiger charge is 2.24. The number of hydrogen-bond donors (Lipinski definition) is 1. The van der Waals surface area contributed by atoms with Gasteiger partial charge in [0.15, 0.2) is 0 Å². The quantitative estimate of drug-likeness (QED) is 0.550. The molecule has 0 aliphatic heterocycles. The summed E-state index contributed by atoms with van der Waals surface area (Å²) in [5.74, 6) is -0.334. The Morgan fingerprint density at radius 3 is 2.19 bits per heavy atom. The number of amides is 1. The van der Waals surface area contributed by atoms with Gasteiger partial charge in [-0.05, 0) is 40.5 Å². The van der Waals surface area contributed by atoms with Crippen LogP contribution in [0.1, 0.15) is 59.8 Å². The highest BCUT2D eigenvalue weighted by molar-refractivity contribution is 5.81. The molecule has 0 aromatic rings. The second kappa shape index (κ2) is 9.37. The Bertz CT molecular complexity index is 360. The van der Waals surface area contributed by atoms with Crippen LogP contribution in [-0.2, 0) is 19.1 Å². The highest BCUT2D eigenvalue weighted by Crippen LogP contribution is 2.10. The Morgan fingerprint density at radius 1 is 1.10 bits per heavy atom. The monoisotopic (exact) mass is 301 g/mol. The van der Waals surface area contributed by atoms with Crippen LogP contribution in [0.25, 0.3) is 0 Å². The van der Waals surface area contributed by atoms with E-state index >= 15 is 0 Å². The van der Waals surface area contributed by atoms with Crippen molar-refractivity contribution in [3.05, 3.63) is 0 Å². The third-order valence-corrected chi connectivity index (χ3v) is 2.70. The number of alkyl carbamates (subject to hydrolysis) is 1. The lowest BCUT2D eigenvalue weighted by Gasteiger charge is -2.22. The van der Waals surface area contributed by atoms with Gasteiger partial charge in [0, 0.05) is 6.42 Å². The molecule has 1 N–H and O–H groups in total. The molecule has 6 heteroatoms. The van der Waals surface area contributed by atoms with Gasteiger partial charge in [-0.3, -0.25) is 0 Å². The van der Waals surface area contributed by atoms with Gasteiger partial charge in [-0.25, -0.2) is 9.59 Å². The summed E-state index contributed by atoms with van der Waals surface area (Å²) in [6.45, 7) is 6.81.